The molecule has 55 heavy (non-hydrogen) atoms. The molecule has 6 rings (SSSR count). The fourth-order valence-electron chi connectivity index (χ4n) is 6.61. The number of hydrogen-bond acceptors (Lipinski definition) is 21. The van der Waals surface area contributed by atoms with Crippen LogP contribution in [0.5, 0.6) is 28.7 Å². The molecule has 0 aliphatic carbocycles. The molecule has 3 fully saturated rings. The van der Waals surface area contributed by atoms with Gasteiger partial charge in [-0.05, 0) is 17.7 Å². The number of aliphatic hydroxyl groups excluding tert-OH is 12. The number of rotatable bonds is 11. The zero-order valence-corrected chi connectivity index (χ0v) is 29.0. The number of fused-ring (bicyclic) bond motifs is 1. The number of benzene rings is 2. The molecule has 306 valence electrons. The molecule has 0 saturated carbocycles. The maximum atomic E-state index is 13.9. The van der Waals surface area contributed by atoms with E-state index in [9.17, 15) is 66.1 Å². The quantitative estimate of drug-likeness (QED) is 0.101. The molecule has 2 aromatic carbocycles. The Hall–Kier alpha value is -3.49. The van der Waals surface area contributed by atoms with Crippen molar-refractivity contribution in [3.63, 3.8) is 0 Å². The van der Waals surface area contributed by atoms with E-state index in [2.05, 4.69) is 0 Å². The average molecular weight is 789 g/mol. The Balaban J connectivity index is 1.33. The predicted octanol–water partition coefficient (Wildman–Crippen LogP) is -5.06. The summed E-state index contributed by atoms with van der Waals surface area (Å²) in [4.78, 5) is 13.9. The first-order valence-electron chi connectivity index (χ1n) is 17.2. The second kappa shape index (κ2) is 16.9. The highest BCUT2D eigenvalue weighted by Gasteiger charge is 2.48. The summed E-state index contributed by atoms with van der Waals surface area (Å²) in [5.41, 5.74) is 0.0942. The number of carbonyl (C=O) groups is 1. The first kappa shape index (κ1) is 41.2. The van der Waals surface area contributed by atoms with Crippen LogP contribution in [0.2, 0.25) is 0 Å². The van der Waals surface area contributed by atoms with Crippen molar-refractivity contribution >= 4 is 5.78 Å². The van der Waals surface area contributed by atoms with Gasteiger partial charge in [0.2, 0.25) is 18.9 Å². The van der Waals surface area contributed by atoms with Gasteiger partial charge in [0.15, 0.2) is 17.3 Å². The predicted molar refractivity (Wildman–Crippen MR) is 175 cm³/mol. The second-order valence-corrected chi connectivity index (χ2v) is 13.4. The summed E-state index contributed by atoms with van der Waals surface area (Å²) in [5.74, 6) is -1.33. The van der Waals surface area contributed by atoms with Crippen LogP contribution in [-0.4, -0.2) is 186 Å². The first-order valence-corrected chi connectivity index (χ1v) is 17.2. The smallest absolute Gasteiger partial charge is 0.229 e. The molecule has 0 amide bonds. The summed E-state index contributed by atoms with van der Waals surface area (Å²) in [5, 5.41) is 122. The fraction of sp³-hybridized carbons (Fsp3) is 0.618. The van der Waals surface area contributed by atoms with Crippen LogP contribution in [0.25, 0.3) is 0 Å². The molecular formula is C34H44O21. The van der Waals surface area contributed by atoms with Gasteiger partial charge in [0.25, 0.3) is 0 Å². The molecular weight excluding hydrogens is 744 g/mol. The zero-order valence-electron chi connectivity index (χ0n) is 29.0. The van der Waals surface area contributed by atoms with Crippen LogP contribution in [0.1, 0.15) is 28.4 Å². The van der Waals surface area contributed by atoms with Crippen LogP contribution in [0.15, 0.2) is 30.3 Å². The standard InChI is InChI=1S/C34H44O21/c1-48-14-3-2-11(4-16(14)51-33-30(46)27(43)24(40)20(9-36)54-33)15-7-13(38)22-17(50-15)5-12(49-32-29(45)26(42)23(39)19(8-35)53-32)6-18(22)52-34-31(47)28(44)25(41)21(10-37)55-34/h2-6,15,19-21,23-37,39-47H,7-10H2,1H3/t15-,19+,20+,21+,23+,24+,25+,26-,27-,28-,29+,30+,31+,32+,33+,34+/m0/s1. The Morgan fingerprint density at radius 2 is 1.05 bits per heavy atom. The van der Waals surface area contributed by atoms with Crippen molar-refractivity contribution in [2.45, 2.75) is 105 Å². The Morgan fingerprint density at radius 3 is 1.53 bits per heavy atom. The SMILES string of the molecule is COc1ccc([C@@H]2CC(=O)c3c(O[C@@H]4O[C@H](CO)[C@@H](O)[C@H](O)[C@H]4O)cc(O[C@@H]4O[C@H](CO)[C@@H](O)[C@H](O)[C@H]4O)cc3O2)cc1O[C@@H]1O[C@H](CO)[C@@H](O)[C@H](O)[C@H]1O. The highest BCUT2D eigenvalue weighted by atomic mass is 16.7. The van der Waals surface area contributed by atoms with E-state index in [1.54, 1.807) is 0 Å². The largest absolute Gasteiger partial charge is 0.493 e. The van der Waals surface area contributed by atoms with Gasteiger partial charge in [-0.15, -0.1) is 0 Å². The van der Waals surface area contributed by atoms with Crippen LogP contribution in [0, 0.1) is 0 Å². The topological polar surface area (TPSA) is 334 Å². The van der Waals surface area contributed by atoms with Gasteiger partial charge in [-0.2, -0.15) is 0 Å². The van der Waals surface area contributed by atoms with Crippen molar-refractivity contribution < 1.29 is 104 Å². The van der Waals surface area contributed by atoms with Crippen LogP contribution in [-0.2, 0) is 14.2 Å². The van der Waals surface area contributed by atoms with E-state index >= 15 is 0 Å². The number of methoxy groups -OCH3 is 1. The normalized spacial score (nSPS) is 39.1. The number of ether oxygens (including phenoxy) is 8. The molecule has 21 heteroatoms. The zero-order chi connectivity index (χ0) is 39.9. The third kappa shape index (κ3) is 8.05. The molecule has 12 N–H and O–H groups in total. The van der Waals surface area contributed by atoms with E-state index in [1.807, 2.05) is 0 Å². The lowest BCUT2D eigenvalue weighted by atomic mass is 9.95. The molecule has 21 nitrogen and oxygen atoms in total. The number of ketones is 1. The van der Waals surface area contributed by atoms with Crippen LogP contribution < -0.4 is 23.7 Å². The Bertz CT molecular complexity index is 1640. The number of aliphatic hydroxyl groups is 12. The lowest BCUT2D eigenvalue weighted by molar-refractivity contribution is -0.278. The molecule has 4 heterocycles. The first-order chi connectivity index (χ1) is 26.2. The molecule has 0 aromatic heterocycles. The van der Waals surface area contributed by atoms with E-state index in [4.69, 9.17) is 37.9 Å². The number of carbonyl (C=O) groups excluding carboxylic acids is 1. The Labute approximate surface area is 311 Å². The highest BCUT2D eigenvalue weighted by molar-refractivity contribution is 6.03. The van der Waals surface area contributed by atoms with Gasteiger partial charge in [-0.25, -0.2) is 0 Å². The summed E-state index contributed by atoms with van der Waals surface area (Å²) in [6.45, 7) is -2.25. The minimum absolute atomic E-state index is 0.0579. The summed E-state index contributed by atoms with van der Waals surface area (Å²) in [6, 6.07) is 6.69. The maximum absolute atomic E-state index is 13.9. The summed E-state index contributed by atoms with van der Waals surface area (Å²) in [7, 11) is 1.32. The van der Waals surface area contributed by atoms with E-state index < -0.39 is 124 Å². The van der Waals surface area contributed by atoms with Crippen molar-refractivity contribution in [3.8, 4) is 28.7 Å². The fourth-order valence-corrected chi connectivity index (χ4v) is 6.61. The second-order valence-electron chi connectivity index (χ2n) is 13.4. The Morgan fingerprint density at radius 1 is 0.582 bits per heavy atom. The number of hydrogen-bond donors (Lipinski definition) is 12. The van der Waals surface area contributed by atoms with Crippen molar-refractivity contribution in [2.24, 2.45) is 0 Å². The van der Waals surface area contributed by atoms with Crippen molar-refractivity contribution in [1.82, 2.24) is 0 Å². The highest BCUT2D eigenvalue weighted by Crippen LogP contribution is 2.45. The van der Waals surface area contributed by atoms with Gasteiger partial charge in [-0.1, -0.05) is 6.07 Å². The van der Waals surface area contributed by atoms with Crippen LogP contribution in [0.3, 0.4) is 0 Å². The van der Waals surface area contributed by atoms with Gasteiger partial charge < -0.3 is 99.2 Å². The molecule has 0 bridgehead atoms. The van der Waals surface area contributed by atoms with Gasteiger partial charge in [0.1, 0.15) is 102 Å². The molecule has 4 aliphatic rings. The van der Waals surface area contributed by atoms with Crippen molar-refractivity contribution in [2.75, 3.05) is 26.9 Å². The van der Waals surface area contributed by atoms with E-state index in [0.717, 1.165) is 6.07 Å². The van der Waals surface area contributed by atoms with E-state index in [0.29, 0.717) is 5.56 Å². The summed E-state index contributed by atoms with van der Waals surface area (Å²) in [6.07, 6.45) is -26.4. The third-order valence-corrected chi connectivity index (χ3v) is 9.80. The van der Waals surface area contributed by atoms with Gasteiger partial charge >= 0.3 is 0 Å². The lowest BCUT2D eigenvalue weighted by Crippen LogP contribution is -2.60. The lowest BCUT2D eigenvalue weighted by Gasteiger charge is -2.40. The van der Waals surface area contributed by atoms with Crippen LogP contribution >= 0.6 is 0 Å². The Kier molecular flexibility index (Phi) is 12.7. The van der Waals surface area contributed by atoms with Gasteiger partial charge in [-0.3, -0.25) is 4.79 Å². The molecule has 2 aromatic rings. The molecule has 3 saturated heterocycles. The number of Topliss-reactive ketones (excluding diaryl/α,β-unsaturated/α-hetero) is 1. The van der Waals surface area contributed by atoms with Crippen molar-refractivity contribution in [1.29, 1.82) is 0 Å². The molecule has 0 radical (unpaired) electrons. The van der Waals surface area contributed by atoms with Crippen molar-refractivity contribution in [3.05, 3.63) is 41.5 Å². The van der Waals surface area contributed by atoms with Gasteiger partial charge in [0, 0.05) is 12.1 Å². The van der Waals surface area contributed by atoms with Gasteiger partial charge in [0.05, 0.1) is 33.4 Å². The minimum atomic E-state index is -1.89. The van der Waals surface area contributed by atoms with E-state index in [1.165, 1.54) is 31.4 Å². The van der Waals surface area contributed by atoms with E-state index in [-0.39, 0.29) is 40.7 Å². The van der Waals surface area contributed by atoms with Crippen LogP contribution in [0.4, 0.5) is 0 Å². The third-order valence-electron chi connectivity index (χ3n) is 9.80. The molecule has 16 atom stereocenters. The minimum Gasteiger partial charge on any atom is -0.493 e. The monoisotopic (exact) mass is 788 g/mol. The summed E-state index contributed by atoms with van der Waals surface area (Å²) >= 11 is 0. The molecule has 4 aliphatic heterocycles. The average Bonchev–Trinajstić information content (AvgIpc) is 3.18. The molecule has 0 unspecified atom stereocenters. The summed E-state index contributed by atoms with van der Waals surface area (Å²) < 4.78 is 45.4. The molecule has 0 spiro atoms. The maximum Gasteiger partial charge on any atom is 0.229 e.